The number of para-hydroxylation sites is 1. The van der Waals surface area contributed by atoms with Gasteiger partial charge >= 0.3 is 0 Å². The first-order valence-corrected chi connectivity index (χ1v) is 9.27. The number of nitrogens with zero attached hydrogens (tertiary/aromatic N) is 1. The van der Waals surface area contributed by atoms with E-state index < -0.39 is 0 Å². The number of ether oxygens (including phenoxy) is 1. The van der Waals surface area contributed by atoms with Crippen LogP contribution in [0.1, 0.15) is 43.1 Å². The van der Waals surface area contributed by atoms with Crippen LogP contribution in [0.15, 0.2) is 48.5 Å². The first-order valence-electron chi connectivity index (χ1n) is 9.27. The predicted molar refractivity (Wildman–Crippen MR) is 106 cm³/mol. The molecule has 0 fully saturated rings. The number of carbonyl (C=O) groups excluding carboxylic acids is 2. The maximum Gasteiger partial charge on any atom is 0.253 e. The summed E-state index contributed by atoms with van der Waals surface area (Å²) in [6.07, 6.45) is 0.676. The van der Waals surface area contributed by atoms with Crippen molar-refractivity contribution in [3.05, 3.63) is 59.7 Å². The summed E-state index contributed by atoms with van der Waals surface area (Å²) in [6.45, 7) is 7.56. The Hall–Kier alpha value is -2.82. The molecule has 1 N–H and O–H groups in total. The summed E-state index contributed by atoms with van der Waals surface area (Å²) >= 11 is 0. The van der Waals surface area contributed by atoms with Gasteiger partial charge in [0.25, 0.3) is 5.91 Å². The summed E-state index contributed by atoms with van der Waals surface area (Å²) < 4.78 is 5.82. The molecule has 1 aliphatic rings. The fraction of sp³-hybridized carbons (Fsp3) is 0.364. The van der Waals surface area contributed by atoms with Crippen LogP contribution >= 0.6 is 0 Å². The van der Waals surface area contributed by atoms with Gasteiger partial charge in [-0.3, -0.25) is 9.59 Å². The molecular weight excluding hydrogens is 340 g/mol. The molecular formula is C22H26N2O3. The predicted octanol–water partition coefficient (Wildman–Crippen LogP) is 3.53. The molecule has 2 aromatic rings. The van der Waals surface area contributed by atoms with Gasteiger partial charge < -0.3 is 15.0 Å². The van der Waals surface area contributed by atoms with E-state index in [9.17, 15) is 9.59 Å². The maximum atomic E-state index is 12.4. The molecule has 2 amide bonds. The monoisotopic (exact) mass is 366 g/mol. The number of nitrogens with one attached hydrogen (secondary N) is 1. The Morgan fingerprint density at radius 1 is 1.04 bits per heavy atom. The molecule has 5 heteroatoms. The lowest BCUT2D eigenvalue weighted by Crippen LogP contribution is -2.37. The Labute approximate surface area is 160 Å². The summed E-state index contributed by atoms with van der Waals surface area (Å²) in [5.41, 5.74) is 2.57. The van der Waals surface area contributed by atoms with Crippen LogP contribution in [0.2, 0.25) is 0 Å². The summed E-state index contributed by atoms with van der Waals surface area (Å²) in [6, 6.07) is 15.3. The highest BCUT2D eigenvalue weighted by Gasteiger charge is 2.25. The minimum Gasteiger partial charge on any atom is -0.494 e. The zero-order valence-corrected chi connectivity index (χ0v) is 16.1. The largest absolute Gasteiger partial charge is 0.494 e. The lowest BCUT2D eigenvalue weighted by molar-refractivity contribution is -0.117. The highest BCUT2D eigenvalue weighted by Crippen LogP contribution is 2.25. The Balaban J connectivity index is 1.59. The average Bonchev–Trinajstić information content (AvgIpc) is 2.76. The fourth-order valence-electron chi connectivity index (χ4n) is 3.09. The maximum absolute atomic E-state index is 12.4. The minimum absolute atomic E-state index is 0.0165. The van der Waals surface area contributed by atoms with Crippen molar-refractivity contribution in [3.8, 4) is 5.75 Å². The first kappa shape index (κ1) is 19.0. The third-order valence-electron chi connectivity index (χ3n) is 4.66. The third-order valence-corrected chi connectivity index (χ3v) is 4.66. The van der Waals surface area contributed by atoms with E-state index >= 15 is 0 Å². The van der Waals surface area contributed by atoms with Gasteiger partial charge in [-0.05, 0) is 41.7 Å². The molecule has 0 saturated carbocycles. The van der Waals surface area contributed by atoms with Crippen LogP contribution in [0.25, 0.3) is 0 Å². The first-order chi connectivity index (χ1) is 12.9. The van der Waals surface area contributed by atoms with E-state index in [0.717, 1.165) is 5.75 Å². The molecule has 2 aromatic carbocycles. The molecule has 0 radical (unpaired) electrons. The van der Waals surface area contributed by atoms with Crippen molar-refractivity contribution in [2.45, 2.75) is 32.6 Å². The van der Waals surface area contributed by atoms with Crippen molar-refractivity contribution in [1.82, 2.24) is 5.32 Å². The molecule has 3 rings (SSSR count). The number of benzene rings is 2. The van der Waals surface area contributed by atoms with E-state index in [0.29, 0.717) is 30.8 Å². The lowest BCUT2D eigenvalue weighted by atomic mass is 9.87. The van der Waals surface area contributed by atoms with Gasteiger partial charge in [-0.15, -0.1) is 0 Å². The molecule has 0 atom stereocenters. The van der Waals surface area contributed by atoms with Crippen molar-refractivity contribution in [2.24, 2.45) is 0 Å². The molecule has 1 heterocycles. The second-order valence-corrected chi connectivity index (χ2v) is 7.72. The van der Waals surface area contributed by atoms with E-state index in [4.69, 9.17) is 4.74 Å². The van der Waals surface area contributed by atoms with E-state index in [1.54, 1.807) is 17.0 Å². The summed E-state index contributed by atoms with van der Waals surface area (Å²) in [5, 5.41) is 2.65. The lowest BCUT2D eigenvalue weighted by Gasteiger charge is -2.22. The van der Waals surface area contributed by atoms with Gasteiger partial charge in [0.2, 0.25) is 5.91 Å². The summed E-state index contributed by atoms with van der Waals surface area (Å²) in [7, 11) is 0. The number of rotatable bonds is 5. The van der Waals surface area contributed by atoms with E-state index in [1.807, 2.05) is 24.3 Å². The second-order valence-electron chi connectivity index (χ2n) is 7.72. The Bertz CT molecular complexity index is 822. The van der Waals surface area contributed by atoms with Crippen molar-refractivity contribution >= 4 is 17.5 Å². The van der Waals surface area contributed by atoms with Crippen molar-refractivity contribution < 1.29 is 14.3 Å². The van der Waals surface area contributed by atoms with Gasteiger partial charge in [0, 0.05) is 6.54 Å². The molecule has 0 saturated heterocycles. The molecule has 0 aromatic heterocycles. The zero-order chi connectivity index (χ0) is 19.4. The number of hydrogen-bond acceptors (Lipinski definition) is 3. The normalized spacial score (nSPS) is 14.4. The van der Waals surface area contributed by atoms with Crippen LogP contribution < -0.4 is 15.0 Å². The van der Waals surface area contributed by atoms with Crippen molar-refractivity contribution in [3.63, 3.8) is 0 Å². The molecule has 0 aliphatic carbocycles. The zero-order valence-electron chi connectivity index (χ0n) is 16.1. The van der Waals surface area contributed by atoms with Crippen molar-refractivity contribution in [1.29, 1.82) is 0 Å². The van der Waals surface area contributed by atoms with Crippen LogP contribution in [0.3, 0.4) is 0 Å². The Kier molecular flexibility index (Phi) is 5.49. The van der Waals surface area contributed by atoms with Gasteiger partial charge in [0.05, 0.1) is 24.4 Å². The minimum atomic E-state index is -0.211. The SMILES string of the molecule is CC(C)(C)c1ccc(OCCCN2C(=O)CNC(=O)c3ccccc32)cc1. The molecule has 0 spiro atoms. The molecule has 142 valence electrons. The van der Waals surface area contributed by atoms with Crippen molar-refractivity contribution in [2.75, 3.05) is 24.6 Å². The van der Waals surface area contributed by atoms with E-state index in [2.05, 4.69) is 38.2 Å². The van der Waals surface area contributed by atoms with Crippen LogP contribution in [0.4, 0.5) is 5.69 Å². The topological polar surface area (TPSA) is 58.6 Å². The Morgan fingerprint density at radius 2 is 1.74 bits per heavy atom. The third kappa shape index (κ3) is 4.48. The Morgan fingerprint density at radius 3 is 2.44 bits per heavy atom. The van der Waals surface area contributed by atoms with Gasteiger partial charge in [-0.1, -0.05) is 45.0 Å². The van der Waals surface area contributed by atoms with Gasteiger partial charge in [0.1, 0.15) is 5.75 Å². The van der Waals surface area contributed by atoms with Crippen LogP contribution in [-0.2, 0) is 10.2 Å². The quantitative estimate of drug-likeness (QED) is 0.824. The number of fused-ring (bicyclic) bond motifs is 1. The average molecular weight is 366 g/mol. The van der Waals surface area contributed by atoms with Gasteiger partial charge in [-0.2, -0.15) is 0 Å². The highest BCUT2D eigenvalue weighted by atomic mass is 16.5. The van der Waals surface area contributed by atoms with Gasteiger partial charge in [0.15, 0.2) is 0 Å². The molecule has 0 bridgehead atoms. The molecule has 5 nitrogen and oxygen atoms in total. The number of hydrogen-bond donors (Lipinski definition) is 1. The van der Waals surface area contributed by atoms with Gasteiger partial charge in [-0.25, -0.2) is 0 Å². The fourth-order valence-corrected chi connectivity index (χ4v) is 3.09. The molecule has 1 aliphatic heterocycles. The summed E-state index contributed by atoms with van der Waals surface area (Å²) in [5.74, 6) is 0.502. The summed E-state index contributed by atoms with van der Waals surface area (Å²) in [4.78, 5) is 26.1. The van der Waals surface area contributed by atoms with Crippen LogP contribution in [0.5, 0.6) is 5.75 Å². The molecule has 27 heavy (non-hydrogen) atoms. The van der Waals surface area contributed by atoms with E-state index in [1.165, 1.54) is 5.56 Å². The standard InChI is InChI=1S/C22H26N2O3/c1-22(2,3)16-9-11-17(12-10-16)27-14-6-13-24-19-8-5-4-7-18(19)21(26)23-15-20(24)25/h4-5,7-12H,6,13-15H2,1-3H3,(H,23,26). The highest BCUT2D eigenvalue weighted by molar-refractivity contribution is 6.09. The smallest absolute Gasteiger partial charge is 0.253 e. The van der Waals surface area contributed by atoms with E-state index in [-0.39, 0.29) is 23.8 Å². The number of amides is 2. The van der Waals surface area contributed by atoms with Crippen LogP contribution in [-0.4, -0.2) is 31.5 Å². The molecule has 0 unspecified atom stereocenters. The second kappa shape index (κ2) is 7.82. The van der Waals surface area contributed by atoms with Crippen LogP contribution in [0, 0.1) is 0 Å². The number of anilines is 1. The number of carbonyl (C=O) groups is 2.